The molecule has 1 N–H and O–H groups in total. The SMILES string of the molecule is CN1CCN([C@@H]2CNC[C@@H](C(=O)OC(C)(C)C)C2)CC1. The number of carbonyl (C=O) groups is 1. The Labute approximate surface area is 122 Å². The summed E-state index contributed by atoms with van der Waals surface area (Å²) in [6, 6.07) is 0.468. The number of likely N-dealkylation sites (N-methyl/N-ethyl adjacent to an activating group) is 1. The van der Waals surface area contributed by atoms with Gasteiger partial charge in [0.2, 0.25) is 0 Å². The van der Waals surface area contributed by atoms with Crippen molar-refractivity contribution in [3.8, 4) is 0 Å². The molecule has 5 nitrogen and oxygen atoms in total. The van der Waals surface area contributed by atoms with Gasteiger partial charge < -0.3 is 15.0 Å². The van der Waals surface area contributed by atoms with Crippen LogP contribution in [0.4, 0.5) is 0 Å². The molecule has 2 fully saturated rings. The number of piperazine rings is 1. The van der Waals surface area contributed by atoms with E-state index in [0.717, 1.165) is 45.7 Å². The molecule has 0 aliphatic carbocycles. The third-order valence-electron chi connectivity index (χ3n) is 4.12. The van der Waals surface area contributed by atoms with Crippen LogP contribution < -0.4 is 5.32 Å². The van der Waals surface area contributed by atoms with Crippen molar-refractivity contribution in [3.63, 3.8) is 0 Å². The number of hydrogen-bond acceptors (Lipinski definition) is 5. The topological polar surface area (TPSA) is 44.8 Å². The molecule has 0 amide bonds. The first-order chi connectivity index (χ1) is 9.35. The number of hydrogen-bond donors (Lipinski definition) is 1. The van der Waals surface area contributed by atoms with Crippen molar-refractivity contribution in [2.24, 2.45) is 5.92 Å². The molecule has 20 heavy (non-hydrogen) atoms. The zero-order valence-electron chi connectivity index (χ0n) is 13.3. The quantitative estimate of drug-likeness (QED) is 0.750. The summed E-state index contributed by atoms with van der Waals surface area (Å²) in [5, 5.41) is 3.40. The Balaban J connectivity index is 1.86. The molecule has 0 aromatic rings. The highest BCUT2D eigenvalue weighted by Crippen LogP contribution is 2.21. The maximum absolute atomic E-state index is 12.2. The van der Waals surface area contributed by atoms with Crippen molar-refractivity contribution in [1.29, 1.82) is 0 Å². The molecule has 5 heteroatoms. The average molecular weight is 283 g/mol. The lowest BCUT2D eigenvalue weighted by atomic mass is 9.94. The number of nitrogens with one attached hydrogen (secondary N) is 1. The number of ether oxygens (including phenoxy) is 1. The summed E-state index contributed by atoms with van der Waals surface area (Å²) in [5.74, 6) is -0.0588. The van der Waals surface area contributed by atoms with Crippen molar-refractivity contribution in [2.45, 2.75) is 38.8 Å². The van der Waals surface area contributed by atoms with Gasteiger partial charge in [0.1, 0.15) is 5.60 Å². The lowest BCUT2D eigenvalue weighted by molar-refractivity contribution is -0.161. The first kappa shape index (κ1) is 15.7. The number of esters is 1. The molecule has 2 rings (SSSR count). The van der Waals surface area contributed by atoms with Crippen LogP contribution in [0.3, 0.4) is 0 Å². The van der Waals surface area contributed by atoms with Crippen molar-refractivity contribution < 1.29 is 9.53 Å². The fourth-order valence-corrected chi connectivity index (χ4v) is 2.95. The normalized spacial score (nSPS) is 30.2. The highest BCUT2D eigenvalue weighted by atomic mass is 16.6. The number of rotatable bonds is 2. The van der Waals surface area contributed by atoms with Gasteiger partial charge in [0.05, 0.1) is 5.92 Å². The lowest BCUT2D eigenvalue weighted by Crippen LogP contribution is -2.56. The number of nitrogens with zero attached hydrogens (tertiary/aromatic N) is 2. The van der Waals surface area contributed by atoms with E-state index in [-0.39, 0.29) is 11.9 Å². The zero-order chi connectivity index (χ0) is 14.8. The Bertz CT molecular complexity index is 333. The van der Waals surface area contributed by atoms with Crippen molar-refractivity contribution >= 4 is 5.97 Å². The van der Waals surface area contributed by atoms with E-state index in [4.69, 9.17) is 4.74 Å². The van der Waals surface area contributed by atoms with Gasteiger partial charge in [-0.2, -0.15) is 0 Å². The Hall–Kier alpha value is -0.650. The van der Waals surface area contributed by atoms with E-state index >= 15 is 0 Å². The van der Waals surface area contributed by atoms with Crippen LogP contribution in [0.15, 0.2) is 0 Å². The molecule has 116 valence electrons. The van der Waals surface area contributed by atoms with Crippen LogP contribution in [0.1, 0.15) is 27.2 Å². The first-order valence-corrected chi connectivity index (χ1v) is 7.71. The van der Waals surface area contributed by atoms with Gasteiger partial charge in [0.15, 0.2) is 0 Å². The van der Waals surface area contributed by atoms with Crippen LogP contribution in [-0.2, 0) is 9.53 Å². The molecule has 2 saturated heterocycles. The van der Waals surface area contributed by atoms with E-state index in [1.54, 1.807) is 0 Å². The Kier molecular flexibility index (Phi) is 5.04. The second-order valence-corrected chi connectivity index (χ2v) is 7.12. The Morgan fingerprint density at radius 3 is 2.40 bits per heavy atom. The monoisotopic (exact) mass is 283 g/mol. The molecular formula is C15H29N3O2. The Morgan fingerprint density at radius 1 is 1.15 bits per heavy atom. The first-order valence-electron chi connectivity index (χ1n) is 7.71. The van der Waals surface area contributed by atoms with Crippen LogP contribution in [0, 0.1) is 5.92 Å². The maximum Gasteiger partial charge on any atom is 0.310 e. The fraction of sp³-hybridized carbons (Fsp3) is 0.933. The summed E-state index contributed by atoms with van der Waals surface area (Å²) in [4.78, 5) is 17.1. The van der Waals surface area contributed by atoms with Gasteiger partial charge in [-0.1, -0.05) is 0 Å². The molecule has 0 aromatic heterocycles. The summed E-state index contributed by atoms with van der Waals surface area (Å²) in [5.41, 5.74) is -0.391. The van der Waals surface area contributed by atoms with Gasteiger partial charge in [-0.05, 0) is 34.2 Å². The minimum absolute atomic E-state index is 0.00682. The largest absolute Gasteiger partial charge is 0.460 e. The van der Waals surface area contributed by atoms with E-state index in [9.17, 15) is 4.79 Å². The Morgan fingerprint density at radius 2 is 1.80 bits per heavy atom. The molecule has 0 saturated carbocycles. The van der Waals surface area contributed by atoms with Crippen LogP contribution in [0.5, 0.6) is 0 Å². The molecular weight excluding hydrogens is 254 g/mol. The molecule has 0 bridgehead atoms. The standard InChI is InChI=1S/C15H29N3O2/c1-15(2,3)20-14(19)12-9-13(11-16-10-12)18-7-5-17(4)6-8-18/h12-13,16H,5-11H2,1-4H3/t12-,13-/m0/s1. The molecule has 2 aliphatic heterocycles. The second kappa shape index (κ2) is 6.41. The number of piperidine rings is 1. The third-order valence-corrected chi connectivity index (χ3v) is 4.12. The zero-order valence-corrected chi connectivity index (χ0v) is 13.3. The molecule has 0 aromatic carbocycles. The summed E-state index contributed by atoms with van der Waals surface area (Å²) >= 11 is 0. The van der Waals surface area contributed by atoms with Crippen LogP contribution >= 0.6 is 0 Å². The minimum Gasteiger partial charge on any atom is -0.460 e. The van der Waals surface area contributed by atoms with Crippen LogP contribution in [-0.4, -0.2) is 73.7 Å². The predicted molar refractivity (Wildman–Crippen MR) is 79.7 cm³/mol. The summed E-state index contributed by atoms with van der Waals surface area (Å²) in [6.45, 7) is 12.0. The minimum atomic E-state index is -0.391. The van der Waals surface area contributed by atoms with Crippen molar-refractivity contribution in [1.82, 2.24) is 15.1 Å². The second-order valence-electron chi connectivity index (χ2n) is 7.12. The number of carbonyl (C=O) groups excluding carboxylic acids is 1. The molecule has 0 radical (unpaired) electrons. The molecule has 2 heterocycles. The molecule has 2 aliphatic rings. The van der Waals surface area contributed by atoms with Gasteiger partial charge >= 0.3 is 5.97 Å². The van der Waals surface area contributed by atoms with Gasteiger partial charge in [-0.3, -0.25) is 9.69 Å². The van der Waals surface area contributed by atoms with Crippen molar-refractivity contribution in [3.05, 3.63) is 0 Å². The predicted octanol–water partition coefficient (Wildman–Crippen LogP) is 0.554. The lowest BCUT2D eigenvalue weighted by Gasteiger charge is -2.41. The third kappa shape index (κ3) is 4.43. The van der Waals surface area contributed by atoms with Gasteiger partial charge in [0, 0.05) is 45.3 Å². The maximum atomic E-state index is 12.2. The summed E-state index contributed by atoms with van der Waals surface area (Å²) < 4.78 is 5.52. The van der Waals surface area contributed by atoms with E-state index in [1.165, 1.54) is 0 Å². The van der Waals surface area contributed by atoms with E-state index in [1.807, 2.05) is 20.8 Å². The summed E-state index contributed by atoms with van der Waals surface area (Å²) in [6.07, 6.45) is 0.922. The molecule has 0 spiro atoms. The molecule has 0 unspecified atom stereocenters. The van der Waals surface area contributed by atoms with E-state index in [0.29, 0.717) is 6.04 Å². The smallest absolute Gasteiger partial charge is 0.310 e. The van der Waals surface area contributed by atoms with Gasteiger partial charge in [-0.15, -0.1) is 0 Å². The van der Waals surface area contributed by atoms with Gasteiger partial charge in [-0.25, -0.2) is 0 Å². The average Bonchev–Trinajstić information content (AvgIpc) is 2.38. The van der Waals surface area contributed by atoms with E-state index in [2.05, 4.69) is 22.2 Å². The van der Waals surface area contributed by atoms with Crippen LogP contribution in [0.25, 0.3) is 0 Å². The molecule has 2 atom stereocenters. The highest BCUT2D eigenvalue weighted by Gasteiger charge is 2.33. The van der Waals surface area contributed by atoms with E-state index < -0.39 is 5.60 Å². The van der Waals surface area contributed by atoms with Crippen LogP contribution in [0.2, 0.25) is 0 Å². The van der Waals surface area contributed by atoms with Crippen molar-refractivity contribution in [2.75, 3.05) is 46.3 Å². The van der Waals surface area contributed by atoms with Gasteiger partial charge in [0.25, 0.3) is 0 Å². The fourth-order valence-electron chi connectivity index (χ4n) is 2.95. The highest BCUT2D eigenvalue weighted by molar-refractivity contribution is 5.73. The summed E-state index contributed by atoms with van der Waals surface area (Å²) in [7, 11) is 2.17.